The minimum atomic E-state index is -3.01. The Balaban J connectivity index is 3.31. The third-order valence-electron chi connectivity index (χ3n) is 1.91. The maximum Gasteiger partial charge on any atom is 0.343 e. The third-order valence-corrected chi connectivity index (χ3v) is 2.18. The van der Waals surface area contributed by atoms with Gasteiger partial charge in [0.1, 0.15) is 5.56 Å². The van der Waals surface area contributed by atoms with Gasteiger partial charge in [0.05, 0.1) is 18.2 Å². The zero-order valence-corrected chi connectivity index (χ0v) is 9.60. The van der Waals surface area contributed by atoms with Crippen LogP contribution in [-0.2, 0) is 10.6 Å². The van der Waals surface area contributed by atoms with Gasteiger partial charge in [-0.05, 0) is 13.0 Å². The molecule has 1 rings (SSSR count). The van der Waals surface area contributed by atoms with Gasteiger partial charge in [-0.2, -0.15) is 4.39 Å². The first-order chi connectivity index (χ1) is 8.01. The molecule has 0 bridgehead atoms. The standard InChI is InChI=1S/C10H9ClF3NO2/c1-2-17-10(16)7-6(8(12)13)3-5(4-11)15-9(7)14/h3,8H,2,4H2,1H3. The van der Waals surface area contributed by atoms with E-state index in [4.69, 9.17) is 11.6 Å². The molecule has 0 saturated heterocycles. The molecule has 3 nitrogen and oxygen atoms in total. The summed E-state index contributed by atoms with van der Waals surface area (Å²) >= 11 is 5.38. The number of carbonyl (C=O) groups excluding carboxylic acids is 1. The second-order valence-electron chi connectivity index (χ2n) is 3.02. The quantitative estimate of drug-likeness (QED) is 0.478. The molecule has 0 atom stereocenters. The highest BCUT2D eigenvalue weighted by molar-refractivity contribution is 6.16. The molecule has 1 aromatic rings. The van der Waals surface area contributed by atoms with Crippen molar-refractivity contribution in [3.05, 3.63) is 28.8 Å². The summed E-state index contributed by atoms with van der Waals surface area (Å²) < 4.78 is 43.3. The topological polar surface area (TPSA) is 39.2 Å². The first-order valence-corrected chi connectivity index (χ1v) is 5.25. The van der Waals surface area contributed by atoms with Crippen LogP contribution in [0.2, 0.25) is 0 Å². The van der Waals surface area contributed by atoms with E-state index >= 15 is 0 Å². The van der Waals surface area contributed by atoms with Crippen molar-refractivity contribution >= 4 is 17.6 Å². The largest absolute Gasteiger partial charge is 0.462 e. The normalized spacial score (nSPS) is 10.7. The average molecular weight is 268 g/mol. The van der Waals surface area contributed by atoms with Crippen LogP contribution in [0.3, 0.4) is 0 Å². The minimum Gasteiger partial charge on any atom is -0.462 e. The Bertz CT molecular complexity index is 426. The summed E-state index contributed by atoms with van der Waals surface area (Å²) in [5.41, 5.74) is -1.66. The molecule has 0 fully saturated rings. The lowest BCUT2D eigenvalue weighted by atomic mass is 10.1. The summed E-state index contributed by atoms with van der Waals surface area (Å²) in [6.45, 7) is 1.44. The number of nitrogens with zero attached hydrogens (tertiary/aromatic N) is 1. The van der Waals surface area contributed by atoms with Gasteiger partial charge in [0.25, 0.3) is 6.43 Å². The number of pyridine rings is 1. The van der Waals surface area contributed by atoms with Gasteiger partial charge in [0.2, 0.25) is 5.95 Å². The number of hydrogen-bond donors (Lipinski definition) is 0. The highest BCUT2D eigenvalue weighted by Crippen LogP contribution is 2.26. The van der Waals surface area contributed by atoms with Crippen molar-refractivity contribution in [2.45, 2.75) is 19.2 Å². The molecule has 0 unspecified atom stereocenters. The number of ether oxygens (including phenoxy) is 1. The molecule has 0 aliphatic rings. The number of carbonyl (C=O) groups is 1. The van der Waals surface area contributed by atoms with Crippen LogP contribution in [0, 0.1) is 5.95 Å². The maximum atomic E-state index is 13.4. The first-order valence-electron chi connectivity index (χ1n) is 4.71. The molecule has 0 aliphatic carbocycles. The number of hydrogen-bond acceptors (Lipinski definition) is 3. The second kappa shape index (κ2) is 5.86. The fourth-order valence-electron chi connectivity index (χ4n) is 1.23. The van der Waals surface area contributed by atoms with Crippen LogP contribution in [0.15, 0.2) is 6.07 Å². The number of alkyl halides is 3. The number of halogens is 4. The Morgan fingerprint density at radius 2 is 2.24 bits per heavy atom. The molecule has 17 heavy (non-hydrogen) atoms. The van der Waals surface area contributed by atoms with Crippen molar-refractivity contribution in [3.63, 3.8) is 0 Å². The van der Waals surface area contributed by atoms with Crippen molar-refractivity contribution in [2.75, 3.05) is 6.61 Å². The molecule has 7 heteroatoms. The van der Waals surface area contributed by atoms with Gasteiger partial charge in [-0.15, -0.1) is 11.6 Å². The molecule has 0 N–H and O–H groups in total. The Morgan fingerprint density at radius 3 is 2.71 bits per heavy atom. The lowest BCUT2D eigenvalue weighted by Crippen LogP contribution is -2.13. The summed E-state index contributed by atoms with van der Waals surface area (Å²) in [4.78, 5) is 14.6. The van der Waals surface area contributed by atoms with Crippen LogP contribution in [-0.4, -0.2) is 17.6 Å². The van der Waals surface area contributed by atoms with Gasteiger partial charge in [-0.3, -0.25) is 0 Å². The van der Waals surface area contributed by atoms with E-state index in [1.54, 1.807) is 0 Å². The third kappa shape index (κ3) is 3.09. The summed E-state index contributed by atoms with van der Waals surface area (Å²) in [7, 11) is 0. The smallest absolute Gasteiger partial charge is 0.343 e. The molecule has 94 valence electrons. The average Bonchev–Trinajstić information content (AvgIpc) is 2.27. The molecular weight excluding hydrogens is 259 g/mol. The van der Waals surface area contributed by atoms with E-state index in [9.17, 15) is 18.0 Å². The fraction of sp³-hybridized carbons (Fsp3) is 0.400. The van der Waals surface area contributed by atoms with Gasteiger partial charge in [-0.1, -0.05) is 0 Å². The first kappa shape index (κ1) is 13.8. The molecule has 1 heterocycles. The minimum absolute atomic E-state index is 0.0434. The van der Waals surface area contributed by atoms with Crippen molar-refractivity contribution in [3.8, 4) is 0 Å². The zero-order valence-electron chi connectivity index (χ0n) is 8.84. The SMILES string of the molecule is CCOC(=O)c1c(C(F)F)cc(CCl)nc1F. The van der Waals surface area contributed by atoms with Crippen LogP contribution in [0.1, 0.15) is 35.0 Å². The van der Waals surface area contributed by atoms with Gasteiger partial charge in [0, 0.05) is 5.56 Å². The van der Waals surface area contributed by atoms with Gasteiger partial charge >= 0.3 is 5.97 Å². The molecule has 0 amide bonds. The molecule has 0 saturated carbocycles. The van der Waals surface area contributed by atoms with Crippen molar-refractivity contribution < 1.29 is 22.7 Å². The van der Waals surface area contributed by atoms with Crippen LogP contribution >= 0.6 is 11.6 Å². The summed E-state index contributed by atoms with van der Waals surface area (Å²) in [6.07, 6.45) is -3.01. The van der Waals surface area contributed by atoms with E-state index in [-0.39, 0.29) is 18.2 Å². The fourth-order valence-corrected chi connectivity index (χ4v) is 1.37. The molecule has 0 aromatic carbocycles. The van der Waals surface area contributed by atoms with Crippen molar-refractivity contribution in [1.82, 2.24) is 4.98 Å². The summed E-state index contributed by atoms with van der Waals surface area (Å²) in [5, 5.41) is 0. The lowest BCUT2D eigenvalue weighted by molar-refractivity contribution is 0.0507. The highest BCUT2D eigenvalue weighted by Gasteiger charge is 2.25. The van der Waals surface area contributed by atoms with E-state index < -0.39 is 29.5 Å². The van der Waals surface area contributed by atoms with Crippen LogP contribution in [0.5, 0.6) is 0 Å². The highest BCUT2D eigenvalue weighted by atomic mass is 35.5. The van der Waals surface area contributed by atoms with Gasteiger partial charge in [0.15, 0.2) is 0 Å². The van der Waals surface area contributed by atoms with Gasteiger partial charge in [-0.25, -0.2) is 18.6 Å². The Hall–Kier alpha value is -1.30. The molecular formula is C10H9ClF3NO2. The molecule has 1 aromatic heterocycles. The second-order valence-corrected chi connectivity index (χ2v) is 3.29. The van der Waals surface area contributed by atoms with E-state index in [0.29, 0.717) is 0 Å². The van der Waals surface area contributed by atoms with E-state index in [2.05, 4.69) is 9.72 Å². The van der Waals surface area contributed by atoms with E-state index in [0.717, 1.165) is 6.07 Å². The Morgan fingerprint density at radius 1 is 1.59 bits per heavy atom. The molecule has 0 radical (unpaired) electrons. The van der Waals surface area contributed by atoms with Crippen molar-refractivity contribution in [2.24, 2.45) is 0 Å². The van der Waals surface area contributed by atoms with E-state index in [1.807, 2.05) is 0 Å². The zero-order chi connectivity index (χ0) is 13.0. The van der Waals surface area contributed by atoms with Gasteiger partial charge < -0.3 is 4.74 Å². The maximum absolute atomic E-state index is 13.4. The molecule has 0 spiro atoms. The predicted molar refractivity (Wildman–Crippen MR) is 54.7 cm³/mol. The number of aromatic nitrogens is 1. The van der Waals surface area contributed by atoms with Crippen LogP contribution in [0.25, 0.3) is 0 Å². The number of rotatable bonds is 4. The Kier molecular flexibility index (Phi) is 4.74. The number of esters is 1. The van der Waals surface area contributed by atoms with Crippen LogP contribution in [0.4, 0.5) is 13.2 Å². The van der Waals surface area contributed by atoms with Crippen LogP contribution < -0.4 is 0 Å². The summed E-state index contributed by atoms with van der Waals surface area (Å²) in [6, 6.07) is 0.896. The monoisotopic (exact) mass is 267 g/mol. The lowest BCUT2D eigenvalue weighted by Gasteiger charge is -2.10. The Labute approximate surface area is 101 Å². The molecule has 0 aliphatic heterocycles. The van der Waals surface area contributed by atoms with Crippen molar-refractivity contribution in [1.29, 1.82) is 0 Å². The predicted octanol–water partition coefficient (Wildman–Crippen LogP) is 3.07. The summed E-state index contributed by atoms with van der Waals surface area (Å²) in [5.74, 6) is -2.68. The van der Waals surface area contributed by atoms with E-state index in [1.165, 1.54) is 6.92 Å².